The Bertz CT molecular complexity index is 555. The lowest BCUT2D eigenvalue weighted by atomic mass is 10.0. The van der Waals surface area contributed by atoms with Crippen molar-refractivity contribution in [2.75, 3.05) is 6.54 Å². The van der Waals surface area contributed by atoms with Crippen LogP contribution in [0.2, 0.25) is 0 Å². The predicted octanol–water partition coefficient (Wildman–Crippen LogP) is 2.12. The van der Waals surface area contributed by atoms with Crippen LogP contribution in [0.1, 0.15) is 11.1 Å². The van der Waals surface area contributed by atoms with Crippen molar-refractivity contribution >= 4 is 0 Å². The van der Waals surface area contributed by atoms with Crippen LogP contribution in [0, 0.1) is 11.3 Å². The molecule has 17 heavy (non-hydrogen) atoms. The van der Waals surface area contributed by atoms with E-state index in [1.807, 2.05) is 24.3 Å². The van der Waals surface area contributed by atoms with Crippen LogP contribution < -0.4 is 5.73 Å². The molecule has 0 fully saturated rings. The number of nitriles is 1. The Balaban J connectivity index is 2.46. The van der Waals surface area contributed by atoms with E-state index in [0.717, 1.165) is 17.7 Å². The quantitative estimate of drug-likeness (QED) is 0.866. The molecule has 1 aromatic heterocycles. The Morgan fingerprint density at radius 3 is 2.88 bits per heavy atom. The molecule has 3 heteroatoms. The van der Waals surface area contributed by atoms with Crippen LogP contribution in [0.15, 0.2) is 42.6 Å². The first-order chi connectivity index (χ1) is 8.35. The summed E-state index contributed by atoms with van der Waals surface area (Å²) in [7, 11) is 0. The summed E-state index contributed by atoms with van der Waals surface area (Å²) in [5.41, 5.74) is 8.99. The number of hydrogen-bond acceptors (Lipinski definition) is 3. The Hall–Kier alpha value is -2.18. The number of benzene rings is 1. The minimum atomic E-state index is 0.595. The average Bonchev–Trinajstić information content (AvgIpc) is 2.39. The summed E-state index contributed by atoms with van der Waals surface area (Å²) in [6.07, 6.45) is 2.54. The van der Waals surface area contributed by atoms with Crippen molar-refractivity contribution in [3.8, 4) is 17.3 Å². The smallest absolute Gasteiger partial charge is 0.101 e. The van der Waals surface area contributed by atoms with Gasteiger partial charge in [-0.15, -0.1) is 0 Å². The van der Waals surface area contributed by atoms with Crippen molar-refractivity contribution in [3.63, 3.8) is 0 Å². The van der Waals surface area contributed by atoms with Crippen LogP contribution in [0.25, 0.3) is 11.3 Å². The van der Waals surface area contributed by atoms with Gasteiger partial charge in [0.15, 0.2) is 0 Å². The van der Waals surface area contributed by atoms with Crippen molar-refractivity contribution in [3.05, 3.63) is 53.7 Å². The van der Waals surface area contributed by atoms with Crippen LogP contribution in [-0.4, -0.2) is 11.5 Å². The highest BCUT2D eigenvalue weighted by Crippen LogP contribution is 2.21. The van der Waals surface area contributed by atoms with E-state index >= 15 is 0 Å². The monoisotopic (exact) mass is 223 g/mol. The molecule has 0 aliphatic rings. The third-order valence-corrected chi connectivity index (χ3v) is 2.56. The molecule has 0 radical (unpaired) electrons. The second kappa shape index (κ2) is 5.24. The fourth-order valence-electron chi connectivity index (χ4n) is 1.77. The van der Waals surface area contributed by atoms with Crippen molar-refractivity contribution in [2.24, 2.45) is 5.73 Å². The van der Waals surface area contributed by atoms with Crippen LogP contribution in [0.3, 0.4) is 0 Å². The zero-order chi connectivity index (χ0) is 12.1. The van der Waals surface area contributed by atoms with Gasteiger partial charge in [0.1, 0.15) is 6.07 Å². The molecule has 0 atom stereocenters. The molecule has 0 spiro atoms. The highest BCUT2D eigenvalue weighted by atomic mass is 14.7. The molecular weight excluding hydrogens is 210 g/mol. The molecule has 2 rings (SSSR count). The van der Waals surface area contributed by atoms with Gasteiger partial charge in [-0.1, -0.05) is 18.2 Å². The maximum Gasteiger partial charge on any atom is 0.101 e. The third-order valence-electron chi connectivity index (χ3n) is 2.56. The molecule has 0 aliphatic heterocycles. The van der Waals surface area contributed by atoms with E-state index in [2.05, 4.69) is 11.1 Å². The van der Waals surface area contributed by atoms with Gasteiger partial charge in [0.05, 0.1) is 11.3 Å². The number of nitrogens with two attached hydrogens (primary N) is 1. The number of pyridine rings is 1. The minimum Gasteiger partial charge on any atom is -0.330 e. The van der Waals surface area contributed by atoms with Gasteiger partial charge in [-0.05, 0) is 36.7 Å². The average molecular weight is 223 g/mol. The molecule has 3 nitrogen and oxygen atoms in total. The SMILES string of the molecule is N#Cc1cccnc1-c1cccc(CCN)c1. The second-order valence-corrected chi connectivity index (χ2v) is 3.75. The lowest BCUT2D eigenvalue weighted by Crippen LogP contribution is -2.02. The van der Waals surface area contributed by atoms with E-state index in [0.29, 0.717) is 12.1 Å². The zero-order valence-corrected chi connectivity index (χ0v) is 9.43. The van der Waals surface area contributed by atoms with E-state index in [1.54, 1.807) is 18.3 Å². The number of rotatable bonds is 3. The van der Waals surface area contributed by atoms with Crippen LogP contribution in [-0.2, 0) is 6.42 Å². The van der Waals surface area contributed by atoms with Gasteiger partial charge >= 0.3 is 0 Å². The van der Waals surface area contributed by atoms with E-state index in [9.17, 15) is 0 Å². The van der Waals surface area contributed by atoms with Crippen molar-refractivity contribution in [2.45, 2.75) is 6.42 Å². The Morgan fingerprint density at radius 2 is 2.12 bits per heavy atom. The first-order valence-electron chi connectivity index (χ1n) is 5.49. The standard InChI is InChI=1S/C14H13N3/c15-7-6-11-3-1-4-12(9-11)14-13(10-16)5-2-8-17-14/h1-5,8-9H,6-7,15H2. The number of hydrogen-bond donors (Lipinski definition) is 1. The third kappa shape index (κ3) is 2.49. The Morgan fingerprint density at radius 1 is 1.24 bits per heavy atom. The maximum absolute atomic E-state index is 9.04. The van der Waals surface area contributed by atoms with E-state index < -0.39 is 0 Å². The summed E-state index contributed by atoms with van der Waals surface area (Å²) < 4.78 is 0. The van der Waals surface area contributed by atoms with Gasteiger partial charge in [-0.2, -0.15) is 5.26 Å². The van der Waals surface area contributed by atoms with Crippen LogP contribution >= 0.6 is 0 Å². The highest BCUT2D eigenvalue weighted by Gasteiger charge is 2.05. The number of nitrogens with zero attached hydrogens (tertiary/aromatic N) is 2. The van der Waals surface area contributed by atoms with Crippen molar-refractivity contribution < 1.29 is 0 Å². The maximum atomic E-state index is 9.04. The second-order valence-electron chi connectivity index (χ2n) is 3.75. The molecule has 0 saturated heterocycles. The zero-order valence-electron chi connectivity index (χ0n) is 9.43. The van der Waals surface area contributed by atoms with Crippen LogP contribution in [0.5, 0.6) is 0 Å². The minimum absolute atomic E-state index is 0.595. The molecule has 0 unspecified atom stereocenters. The molecule has 1 aromatic carbocycles. The van der Waals surface area contributed by atoms with Gasteiger partial charge in [-0.25, -0.2) is 0 Å². The Labute approximate surface area is 101 Å². The lowest BCUT2D eigenvalue weighted by molar-refractivity contribution is 0.969. The van der Waals surface area contributed by atoms with Crippen molar-refractivity contribution in [1.82, 2.24) is 4.98 Å². The summed E-state index contributed by atoms with van der Waals surface area (Å²) in [5, 5.41) is 9.04. The summed E-state index contributed by atoms with van der Waals surface area (Å²) in [6, 6.07) is 13.7. The first kappa shape index (κ1) is 11.3. The van der Waals surface area contributed by atoms with E-state index in [1.165, 1.54) is 5.56 Å². The normalized spacial score (nSPS) is 9.88. The molecule has 0 amide bonds. The predicted molar refractivity (Wildman–Crippen MR) is 67.1 cm³/mol. The highest BCUT2D eigenvalue weighted by molar-refractivity contribution is 5.66. The summed E-state index contributed by atoms with van der Waals surface area (Å²) in [6.45, 7) is 0.622. The fourth-order valence-corrected chi connectivity index (χ4v) is 1.77. The summed E-state index contributed by atoms with van der Waals surface area (Å²) in [5.74, 6) is 0. The van der Waals surface area contributed by atoms with Gasteiger partial charge < -0.3 is 5.73 Å². The topological polar surface area (TPSA) is 62.7 Å². The molecule has 0 aliphatic carbocycles. The summed E-state index contributed by atoms with van der Waals surface area (Å²) >= 11 is 0. The van der Waals surface area contributed by atoms with Gasteiger partial charge in [0.2, 0.25) is 0 Å². The first-order valence-corrected chi connectivity index (χ1v) is 5.49. The van der Waals surface area contributed by atoms with Gasteiger partial charge in [0.25, 0.3) is 0 Å². The molecule has 2 aromatic rings. The van der Waals surface area contributed by atoms with Crippen molar-refractivity contribution in [1.29, 1.82) is 5.26 Å². The Kier molecular flexibility index (Phi) is 3.49. The van der Waals surface area contributed by atoms with Gasteiger partial charge in [0, 0.05) is 11.8 Å². The molecule has 0 saturated carbocycles. The molecular formula is C14H13N3. The summed E-state index contributed by atoms with van der Waals surface area (Å²) in [4.78, 5) is 4.27. The largest absolute Gasteiger partial charge is 0.330 e. The molecule has 0 bridgehead atoms. The number of aromatic nitrogens is 1. The lowest BCUT2D eigenvalue weighted by Gasteiger charge is -2.05. The van der Waals surface area contributed by atoms with E-state index in [-0.39, 0.29) is 0 Å². The van der Waals surface area contributed by atoms with E-state index in [4.69, 9.17) is 11.0 Å². The molecule has 1 heterocycles. The van der Waals surface area contributed by atoms with Crippen LogP contribution in [0.4, 0.5) is 0 Å². The van der Waals surface area contributed by atoms with Gasteiger partial charge in [-0.3, -0.25) is 4.98 Å². The molecule has 2 N–H and O–H groups in total. The molecule has 84 valence electrons. The fraction of sp³-hybridized carbons (Fsp3) is 0.143.